The molecule has 0 saturated carbocycles. The fourth-order valence-electron chi connectivity index (χ4n) is 4.84. The fourth-order valence-corrected chi connectivity index (χ4v) is 4.84. The van der Waals surface area contributed by atoms with Crippen molar-refractivity contribution in [2.24, 2.45) is 5.92 Å². The highest BCUT2D eigenvalue weighted by molar-refractivity contribution is 5.32. The number of allylic oxidation sites excluding steroid dienone is 3. The molecule has 33 heavy (non-hydrogen) atoms. The van der Waals surface area contributed by atoms with Crippen LogP contribution in [0.4, 0.5) is 0 Å². The number of hydrogen-bond donors (Lipinski definition) is 0. The minimum atomic E-state index is 0.228. The molecule has 0 radical (unpaired) electrons. The van der Waals surface area contributed by atoms with Crippen molar-refractivity contribution in [2.75, 3.05) is 19.7 Å². The van der Waals surface area contributed by atoms with E-state index in [1.807, 2.05) is 0 Å². The second-order valence-corrected chi connectivity index (χ2v) is 8.98. The number of benzene rings is 3. The van der Waals surface area contributed by atoms with Crippen LogP contribution in [-0.2, 0) is 13.1 Å². The van der Waals surface area contributed by atoms with Crippen molar-refractivity contribution >= 4 is 0 Å². The molecule has 0 aromatic heterocycles. The van der Waals surface area contributed by atoms with Gasteiger partial charge in [-0.25, -0.2) is 0 Å². The van der Waals surface area contributed by atoms with E-state index in [1.54, 1.807) is 0 Å². The molecule has 2 aliphatic rings. The molecule has 168 valence electrons. The third-order valence-electron chi connectivity index (χ3n) is 6.51. The first kappa shape index (κ1) is 21.7. The van der Waals surface area contributed by atoms with Gasteiger partial charge in [0.1, 0.15) is 5.75 Å². The van der Waals surface area contributed by atoms with Gasteiger partial charge in [-0.2, -0.15) is 0 Å². The standard InChI is InChI=1S/C30H32N2O/c1-4-11-25(12-5-1)22-31-19-20-32(23-26-13-6-2-7-14-26)30(31)28-17-10-18-29(21-28)33-24-27-15-8-3-9-16-27/h1-15,17-18,21,27,30H,16,19-20,22-24H2/t27-/m1/s1. The van der Waals surface area contributed by atoms with Crippen molar-refractivity contribution in [3.05, 3.63) is 126 Å². The number of ether oxygens (including phenoxy) is 1. The lowest BCUT2D eigenvalue weighted by Gasteiger charge is -2.31. The second kappa shape index (κ2) is 10.7. The van der Waals surface area contributed by atoms with Gasteiger partial charge in [0, 0.05) is 32.1 Å². The molecule has 0 amide bonds. The van der Waals surface area contributed by atoms with E-state index < -0.39 is 0 Å². The Hall–Kier alpha value is -3.14. The normalized spacial score (nSPS) is 19.2. The van der Waals surface area contributed by atoms with Gasteiger partial charge in [0.15, 0.2) is 0 Å². The minimum absolute atomic E-state index is 0.228. The molecular formula is C30H32N2O. The topological polar surface area (TPSA) is 15.7 Å². The Bertz CT molecular complexity index is 1030. The molecule has 1 aliphatic carbocycles. The maximum Gasteiger partial charge on any atom is 0.119 e. The summed E-state index contributed by atoms with van der Waals surface area (Å²) in [6.07, 6.45) is 9.96. The third kappa shape index (κ3) is 5.62. The number of rotatable bonds is 8. The van der Waals surface area contributed by atoms with Crippen LogP contribution in [-0.4, -0.2) is 29.5 Å². The molecule has 1 aliphatic heterocycles. The average molecular weight is 437 g/mol. The van der Waals surface area contributed by atoms with Crippen molar-refractivity contribution < 1.29 is 4.74 Å². The van der Waals surface area contributed by atoms with Gasteiger partial charge in [-0.3, -0.25) is 9.80 Å². The van der Waals surface area contributed by atoms with Gasteiger partial charge in [0.2, 0.25) is 0 Å². The molecule has 3 heteroatoms. The average Bonchev–Trinajstić information content (AvgIpc) is 3.26. The quantitative estimate of drug-likeness (QED) is 0.417. The van der Waals surface area contributed by atoms with Crippen molar-refractivity contribution in [2.45, 2.75) is 25.7 Å². The summed E-state index contributed by atoms with van der Waals surface area (Å²) in [7, 11) is 0. The molecule has 5 rings (SSSR count). The van der Waals surface area contributed by atoms with E-state index in [4.69, 9.17) is 4.74 Å². The number of hydrogen-bond acceptors (Lipinski definition) is 3. The highest BCUT2D eigenvalue weighted by Gasteiger charge is 2.33. The molecule has 3 aromatic carbocycles. The van der Waals surface area contributed by atoms with E-state index in [-0.39, 0.29) is 6.17 Å². The summed E-state index contributed by atoms with van der Waals surface area (Å²) in [5, 5.41) is 0. The monoisotopic (exact) mass is 436 g/mol. The maximum absolute atomic E-state index is 6.23. The van der Waals surface area contributed by atoms with Gasteiger partial charge in [0.05, 0.1) is 12.8 Å². The van der Waals surface area contributed by atoms with E-state index in [0.29, 0.717) is 5.92 Å². The Balaban J connectivity index is 1.36. The molecule has 3 aromatic rings. The molecule has 1 heterocycles. The summed E-state index contributed by atoms with van der Waals surface area (Å²) in [4.78, 5) is 5.18. The van der Waals surface area contributed by atoms with Crippen LogP contribution in [0.25, 0.3) is 0 Å². The van der Waals surface area contributed by atoms with Crippen LogP contribution in [0.1, 0.15) is 29.3 Å². The predicted octanol–water partition coefficient (Wildman–Crippen LogP) is 6.21. The summed E-state index contributed by atoms with van der Waals surface area (Å²) in [5.74, 6) is 1.41. The fraction of sp³-hybridized carbons (Fsp3) is 0.267. The first-order valence-electron chi connectivity index (χ1n) is 12.0. The lowest BCUT2D eigenvalue weighted by Crippen LogP contribution is -2.30. The Morgan fingerprint density at radius 3 is 2.00 bits per heavy atom. The van der Waals surface area contributed by atoms with Crippen LogP contribution in [0.5, 0.6) is 5.75 Å². The van der Waals surface area contributed by atoms with Gasteiger partial charge < -0.3 is 4.74 Å². The minimum Gasteiger partial charge on any atom is -0.493 e. The summed E-state index contributed by atoms with van der Waals surface area (Å²) < 4.78 is 6.23. The Kier molecular flexibility index (Phi) is 7.00. The van der Waals surface area contributed by atoms with E-state index in [2.05, 4.69) is 119 Å². The molecule has 1 saturated heterocycles. The van der Waals surface area contributed by atoms with E-state index >= 15 is 0 Å². The zero-order valence-electron chi connectivity index (χ0n) is 19.1. The number of nitrogens with zero attached hydrogens (tertiary/aromatic N) is 2. The van der Waals surface area contributed by atoms with Gasteiger partial charge in [-0.1, -0.05) is 97.1 Å². The first-order valence-corrected chi connectivity index (χ1v) is 12.0. The summed E-state index contributed by atoms with van der Waals surface area (Å²) in [6, 6.07) is 30.3. The van der Waals surface area contributed by atoms with E-state index in [9.17, 15) is 0 Å². The largest absolute Gasteiger partial charge is 0.493 e. The van der Waals surface area contributed by atoms with Gasteiger partial charge in [-0.05, 0) is 35.2 Å². The molecule has 1 atom stereocenters. The van der Waals surface area contributed by atoms with Gasteiger partial charge >= 0.3 is 0 Å². The molecule has 1 fully saturated rings. The zero-order chi connectivity index (χ0) is 22.3. The summed E-state index contributed by atoms with van der Waals surface area (Å²) in [5.41, 5.74) is 4.01. The first-order chi connectivity index (χ1) is 16.3. The van der Waals surface area contributed by atoms with Crippen LogP contribution in [0.3, 0.4) is 0 Å². The third-order valence-corrected chi connectivity index (χ3v) is 6.51. The zero-order valence-corrected chi connectivity index (χ0v) is 19.1. The SMILES string of the molecule is C1=CC[C@H](COc2cccc(C3N(Cc4ccccc4)CCN3Cc3ccccc3)c2)C=C1. The molecule has 0 bridgehead atoms. The highest BCUT2D eigenvalue weighted by atomic mass is 16.5. The lowest BCUT2D eigenvalue weighted by molar-refractivity contribution is 0.125. The maximum atomic E-state index is 6.23. The summed E-state index contributed by atoms with van der Waals surface area (Å²) >= 11 is 0. The molecule has 0 spiro atoms. The van der Waals surface area contributed by atoms with E-state index in [0.717, 1.165) is 45.0 Å². The van der Waals surface area contributed by atoms with Crippen LogP contribution >= 0.6 is 0 Å². The molecule has 0 N–H and O–H groups in total. The highest BCUT2D eigenvalue weighted by Crippen LogP contribution is 2.34. The van der Waals surface area contributed by atoms with Crippen molar-refractivity contribution in [3.8, 4) is 5.75 Å². The van der Waals surface area contributed by atoms with Crippen LogP contribution in [0.2, 0.25) is 0 Å². The Morgan fingerprint density at radius 2 is 1.39 bits per heavy atom. The smallest absolute Gasteiger partial charge is 0.119 e. The Morgan fingerprint density at radius 1 is 0.727 bits per heavy atom. The second-order valence-electron chi connectivity index (χ2n) is 8.98. The van der Waals surface area contributed by atoms with Gasteiger partial charge in [0.25, 0.3) is 0 Å². The van der Waals surface area contributed by atoms with Crippen molar-refractivity contribution in [3.63, 3.8) is 0 Å². The van der Waals surface area contributed by atoms with Gasteiger partial charge in [-0.15, -0.1) is 0 Å². The summed E-state index contributed by atoms with van der Waals surface area (Å²) in [6.45, 7) is 4.71. The molecular weight excluding hydrogens is 404 g/mol. The van der Waals surface area contributed by atoms with Crippen LogP contribution in [0, 0.1) is 5.92 Å². The van der Waals surface area contributed by atoms with Crippen molar-refractivity contribution in [1.29, 1.82) is 0 Å². The lowest BCUT2D eigenvalue weighted by atomic mass is 10.0. The Labute approximate surface area is 197 Å². The predicted molar refractivity (Wildman–Crippen MR) is 135 cm³/mol. The molecule has 0 unspecified atom stereocenters. The van der Waals surface area contributed by atoms with Crippen LogP contribution < -0.4 is 4.74 Å². The van der Waals surface area contributed by atoms with Crippen molar-refractivity contribution in [1.82, 2.24) is 9.80 Å². The van der Waals surface area contributed by atoms with Crippen LogP contribution in [0.15, 0.2) is 109 Å². The molecule has 3 nitrogen and oxygen atoms in total. The van der Waals surface area contributed by atoms with E-state index in [1.165, 1.54) is 16.7 Å².